The molecule has 4 heteroatoms. The van der Waals surface area contributed by atoms with Crippen molar-refractivity contribution in [3.8, 4) is 0 Å². The van der Waals surface area contributed by atoms with Gasteiger partial charge in [0.15, 0.2) is 5.82 Å². The summed E-state index contributed by atoms with van der Waals surface area (Å²) in [6.45, 7) is 1.87. The summed E-state index contributed by atoms with van der Waals surface area (Å²) in [4.78, 5) is 6.45. The lowest BCUT2D eigenvalue weighted by Crippen LogP contribution is -2.43. The molecule has 1 atom stereocenters. The van der Waals surface area contributed by atoms with Crippen LogP contribution in [0.5, 0.6) is 0 Å². The lowest BCUT2D eigenvalue weighted by atomic mass is 10.1. The van der Waals surface area contributed by atoms with Gasteiger partial charge >= 0.3 is 0 Å². The molecule has 0 spiro atoms. The first-order chi connectivity index (χ1) is 6.77. The third-order valence-corrected chi connectivity index (χ3v) is 2.57. The zero-order valence-electron chi connectivity index (χ0n) is 8.19. The molecular formula is C10H16N4. The summed E-state index contributed by atoms with van der Waals surface area (Å²) < 4.78 is 0. The lowest BCUT2D eigenvalue weighted by molar-refractivity contribution is 0.503. The molecule has 14 heavy (non-hydrogen) atoms. The van der Waals surface area contributed by atoms with Gasteiger partial charge in [0, 0.05) is 25.3 Å². The van der Waals surface area contributed by atoms with Gasteiger partial charge in [-0.1, -0.05) is 0 Å². The number of rotatable bonds is 1. The number of pyridine rings is 1. The summed E-state index contributed by atoms with van der Waals surface area (Å²) in [6.07, 6.45) is 3.99. The Morgan fingerprint density at radius 3 is 3.07 bits per heavy atom. The predicted molar refractivity (Wildman–Crippen MR) is 58.1 cm³/mol. The molecular weight excluding hydrogens is 176 g/mol. The van der Waals surface area contributed by atoms with Crippen molar-refractivity contribution < 1.29 is 0 Å². The molecule has 0 aliphatic carbocycles. The highest BCUT2D eigenvalue weighted by molar-refractivity contribution is 5.62. The van der Waals surface area contributed by atoms with Gasteiger partial charge in [-0.25, -0.2) is 4.98 Å². The molecule has 0 unspecified atom stereocenters. The van der Waals surface area contributed by atoms with Crippen molar-refractivity contribution in [1.29, 1.82) is 0 Å². The molecule has 2 heterocycles. The second-order valence-electron chi connectivity index (χ2n) is 3.76. The van der Waals surface area contributed by atoms with Crippen molar-refractivity contribution in [2.45, 2.75) is 18.9 Å². The number of hydrogen-bond donors (Lipinski definition) is 2. The Balaban J connectivity index is 2.18. The van der Waals surface area contributed by atoms with Gasteiger partial charge in [-0.3, -0.25) is 0 Å². The van der Waals surface area contributed by atoms with Crippen LogP contribution < -0.4 is 16.4 Å². The van der Waals surface area contributed by atoms with Gasteiger partial charge in [-0.05, 0) is 25.0 Å². The van der Waals surface area contributed by atoms with Crippen LogP contribution in [0.1, 0.15) is 12.8 Å². The van der Waals surface area contributed by atoms with E-state index < -0.39 is 0 Å². The maximum Gasteiger partial charge on any atom is 0.151 e. The van der Waals surface area contributed by atoms with Gasteiger partial charge in [-0.15, -0.1) is 0 Å². The summed E-state index contributed by atoms with van der Waals surface area (Å²) in [6, 6.07) is 3.98. The van der Waals surface area contributed by atoms with Crippen LogP contribution in [0.2, 0.25) is 0 Å². The molecule has 1 saturated heterocycles. The van der Waals surface area contributed by atoms with Gasteiger partial charge in [0.1, 0.15) is 0 Å². The summed E-state index contributed by atoms with van der Waals surface area (Å²) in [5.41, 5.74) is 12.5. The number of piperidine rings is 1. The van der Waals surface area contributed by atoms with Crippen molar-refractivity contribution in [3.05, 3.63) is 18.3 Å². The Morgan fingerprint density at radius 2 is 2.36 bits per heavy atom. The highest BCUT2D eigenvalue weighted by Crippen LogP contribution is 2.22. The maximum absolute atomic E-state index is 5.90. The molecule has 0 amide bonds. The molecule has 1 aliphatic heterocycles. The number of aromatic nitrogens is 1. The van der Waals surface area contributed by atoms with E-state index in [4.69, 9.17) is 11.5 Å². The molecule has 2 rings (SSSR count). The highest BCUT2D eigenvalue weighted by atomic mass is 15.2. The Morgan fingerprint density at radius 1 is 1.50 bits per heavy atom. The summed E-state index contributed by atoms with van der Waals surface area (Å²) in [5, 5.41) is 0. The van der Waals surface area contributed by atoms with E-state index in [1.807, 2.05) is 12.1 Å². The average molecular weight is 192 g/mol. The molecule has 1 aromatic heterocycles. The quantitative estimate of drug-likeness (QED) is 0.683. The number of hydrogen-bond acceptors (Lipinski definition) is 4. The minimum Gasteiger partial charge on any atom is -0.396 e. The molecule has 76 valence electrons. The van der Waals surface area contributed by atoms with Gasteiger partial charge in [0.2, 0.25) is 0 Å². The number of anilines is 2. The molecule has 1 aromatic rings. The third kappa shape index (κ3) is 1.80. The van der Waals surface area contributed by atoms with E-state index in [0.29, 0.717) is 0 Å². The minimum atomic E-state index is 0.255. The second kappa shape index (κ2) is 3.84. The number of nitrogens with two attached hydrogens (primary N) is 2. The van der Waals surface area contributed by atoms with E-state index in [9.17, 15) is 0 Å². The first-order valence-corrected chi connectivity index (χ1v) is 4.98. The van der Waals surface area contributed by atoms with Gasteiger partial charge < -0.3 is 16.4 Å². The van der Waals surface area contributed by atoms with Crippen LogP contribution in [-0.2, 0) is 0 Å². The van der Waals surface area contributed by atoms with E-state index >= 15 is 0 Å². The number of nitrogens with zero attached hydrogens (tertiary/aromatic N) is 2. The summed E-state index contributed by atoms with van der Waals surface area (Å²) in [5.74, 6) is 0.877. The molecule has 1 fully saturated rings. The fourth-order valence-electron chi connectivity index (χ4n) is 1.88. The SMILES string of the molecule is Nc1cccnc1N1CCC[C@H](N)C1. The minimum absolute atomic E-state index is 0.255. The van der Waals surface area contributed by atoms with E-state index in [1.165, 1.54) is 0 Å². The van der Waals surface area contributed by atoms with E-state index in [0.717, 1.165) is 37.4 Å². The Hall–Kier alpha value is -1.29. The first-order valence-electron chi connectivity index (χ1n) is 4.98. The van der Waals surface area contributed by atoms with Crippen LogP contribution in [-0.4, -0.2) is 24.1 Å². The van der Waals surface area contributed by atoms with Gasteiger partial charge in [0.25, 0.3) is 0 Å². The van der Waals surface area contributed by atoms with Crippen LogP contribution in [0, 0.1) is 0 Å². The monoisotopic (exact) mass is 192 g/mol. The topological polar surface area (TPSA) is 68.2 Å². The van der Waals surface area contributed by atoms with Crippen LogP contribution in [0.15, 0.2) is 18.3 Å². The van der Waals surface area contributed by atoms with Crippen molar-refractivity contribution in [2.24, 2.45) is 5.73 Å². The smallest absolute Gasteiger partial charge is 0.151 e. The van der Waals surface area contributed by atoms with Crippen molar-refractivity contribution in [1.82, 2.24) is 4.98 Å². The molecule has 0 saturated carbocycles. The average Bonchev–Trinajstić information content (AvgIpc) is 2.18. The zero-order valence-corrected chi connectivity index (χ0v) is 8.19. The molecule has 1 aliphatic rings. The molecule has 0 radical (unpaired) electrons. The van der Waals surface area contributed by atoms with Crippen molar-refractivity contribution >= 4 is 11.5 Å². The zero-order chi connectivity index (χ0) is 9.97. The molecule has 4 N–H and O–H groups in total. The van der Waals surface area contributed by atoms with Crippen LogP contribution in [0.4, 0.5) is 11.5 Å². The van der Waals surface area contributed by atoms with Crippen molar-refractivity contribution in [2.75, 3.05) is 23.7 Å². The maximum atomic E-state index is 5.90. The summed E-state index contributed by atoms with van der Waals surface area (Å²) >= 11 is 0. The predicted octanol–water partition coefficient (Wildman–Crippen LogP) is 0.591. The lowest BCUT2D eigenvalue weighted by Gasteiger charge is -2.32. The fourth-order valence-corrected chi connectivity index (χ4v) is 1.88. The van der Waals surface area contributed by atoms with Crippen molar-refractivity contribution in [3.63, 3.8) is 0 Å². The fraction of sp³-hybridized carbons (Fsp3) is 0.500. The van der Waals surface area contributed by atoms with Crippen LogP contribution in [0.3, 0.4) is 0 Å². The van der Waals surface area contributed by atoms with E-state index in [2.05, 4.69) is 9.88 Å². The van der Waals surface area contributed by atoms with Crippen LogP contribution in [0.25, 0.3) is 0 Å². The summed E-state index contributed by atoms with van der Waals surface area (Å²) in [7, 11) is 0. The van der Waals surface area contributed by atoms with Gasteiger partial charge in [0.05, 0.1) is 5.69 Å². The van der Waals surface area contributed by atoms with Gasteiger partial charge in [-0.2, -0.15) is 0 Å². The largest absolute Gasteiger partial charge is 0.396 e. The normalized spacial score (nSPS) is 22.4. The molecule has 0 bridgehead atoms. The Bertz CT molecular complexity index is 313. The van der Waals surface area contributed by atoms with Crippen LogP contribution >= 0.6 is 0 Å². The molecule has 4 nitrogen and oxygen atoms in total. The standard InChI is InChI=1S/C10H16N4/c11-8-3-2-6-14(7-8)10-9(12)4-1-5-13-10/h1,4-5,8H,2-3,6-7,11-12H2/t8-/m0/s1. The van der Waals surface area contributed by atoms with E-state index in [1.54, 1.807) is 6.20 Å². The molecule has 0 aromatic carbocycles. The third-order valence-electron chi connectivity index (χ3n) is 2.57. The Kier molecular flexibility index (Phi) is 2.54. The highest BCUT2D eigenvalue weighted by Gasteiger charge is 2.18. The second-order valence-corrected chi connectivity index (χ2v) is 3.76. The Labute approximate surface area is 83.9 Å². The van der Waals surface area contributed by atoms with E-state index in [-0.39, 0.29) is 6.04 Å². The number of nitrogen functional groups attached to an aromatic ring is 1. The first kappa shape index (κ1) is 9.27.